The van der Waals surface area contributed by atoms with Gasteiger partial charge in [0.05, 0.1) is 12.5 Å². The zero-order chi connectivity index (χ0) is 16.1. The van der Waals surface area contributed by atoms with Crippen molar-refractivity contribution >= 4 is 11.6 Å². The number of nitrogens with zero attached hydrogens (tertiary/aromatic N) is 1. The van der Waals surface area contributed by atoms with Gasteiger partial charge in [0, 0.05) is 18.1 Å². The third-order valence-corrected chi connectivity index (χ3v) is 3.97. The summed E-state index contributed by atoms with van der Waals surface area (Å²) < 4.78 is 2.09. The van der Waals surface area contributed by atoms with Gasteiger partial charge in [0.2, 0.25) is 5.91 Å². The Morgan fingerprint density at radius 2 is 1.61 bits per heavy atom. The zero-order valence-corrected chi connectivity index (χ0v) is 13.1. The number of anilines is 1. The van der Waals surface area contributed by atoms with Crippen molar-refractivity contribution in [3.05, 3.63) is 90.3 Å². The first-order valence-electron chi connectivity index (χ1n) is 7.77. The number of hydrogen-bond donors (Lipinski definition) is 1. The summed E-state index contributed by atoms with van der Waals surface area (Å²) in [7, 11) is 0. The molecule has 3 rings (SSSR count). The zero-order valence-electron chi connectivity index (χ0n) is 13.1. The van der Waals surface area contributed by atoms with Gasteiger partial charge in [0.15, 0.2) is 0 Å². The van der Waals surface area contributed by atoms with Crippen molar-refractivity contribution in [2.45, 2.75) is 19.4 Å². The maximum Gasteiger partial charge on any atom is 0.226 e. The fraction of sp³-hybridized carbons (Fsp3) is 0.150. The van der Waals surface area contributed by atoms with Crippen molar-refractivity contribution < 1.29 is 4.79 Å². The predicted octanol–water partition coefficient (Wildman–Crippen LogP) is 4.41. The second-order valence-electron chi connectivity index (χ2n) is 5.62. The normalized spacial score (nSPS) is 11.9. The van der Waals surface area contributed by atoms with Crippen molar-refractivity contribution in [2.75, 3.05) is 5.32 Å². The number of amides is 1. The van der Waals surface area contributed by atoms with Crippen LogP contribution < -0.4 is 5.32 Å². The van der Waals surface area contributed by atoms with Crippen molar-refractivity contribution in [3.63, 3.8) is 0 Å². The quantitative estimate of drug-likeness (QED) is 0.744. The highest BCUT2D eigenvalue weighted by Gasteiger charge is 2.18. The van der Waals surface area contributed by atoms with E-state index in [4.69, 9.17) is 0 Å². The van der Waals surface area contributed by atoms with E-state index in [1.54, 1.807) is 0 Å². The van der Waals surface area contributed by atoms with Crippen molar-refractivity contribution in [1.82, 2.24) is 4.57 Å². The van der Waals surface area contributed by atoms with Crippen LogP contribution >= 0.6 is 0 Å². The van der Waals surface area contributed by atoms with Crippen LogP contribution in [0.15, 0.2) is 79.1 Å². The van der Waals surface area contributed by atoms with Gasteiger partial charge in [0.25, 0.3) is 0 Å². The molecule has 0 spiro atoms. The Bertz CT molecular complexity index is 763. The molecule has 0 radical (unpaired) electrons. The number of aryl methyl sites for hydroxylation is 1. The lowest BCUT2D eigenvalue weighted by atomic mass is 9.98. The predicted molar refractivity (Wildman–Crippen MR) is 93.4 cm³/mol. The van der Waals surface area contributed by atoms with E-state index in [1.165, 1.54) is 11.1 Å². The fourth-order valence-electron chi connectivity index (χ4n) is 2.80. The molecule has 116 valence electrons. The summed E-state index contributed by atoms with van der Waals surface area (Å²) in [6.07, 6.45) is 4.41. The van der Waals surface area contributed by atoms with Gasteiger partial charge in [-0.15, -0.1) is 0 Å². The Hall–Kier alpha value is -2.81. The van der Waals surface area contributed by atoms with E-state index in [0.717, 1.165) is 5.69 Å². The number of carbonyl (C=O) groups excluding carboxylic acids is 1. The van der Waals surface area contributed by atoms with Gasteiger partial charge < -0.3 is 9.88 Å². The first-order valence-corrected chi connectivity index (χ1v) is 7.77. The van der Waals surface area contributed by atoms with E-state index >= 15 is 0 Å². The monoisotopic (exact) mass is 304 g/mol. The molecule has 3 heteroatoms. The summed E-state index contributed by atoms with van der Waals surface area (Å²) in [6, 6.07) is 21.8. The fourth-order valence-corrected chi connectivity index (χ4v) is 2.80. The van der Waals surface area contributed by atoms with Gasteiger partial charge in [-0.05, 0) is 42.3 Å². The van der Waals surface area contributed by atoms with Gasteiger partial charge in [-0.3, -0.25) is 4.79 Å². The molecule has 1 heterocycles. The highest BCUT2D eigenvalue weighted by atomic mass is 16.1. The van der Waals surface area contributed by atoms with Crippen molar-refractivity contribution in [1.29, 1.82) is 0 Å². The molecular weight excluding hydrogens is 284 g/mol. The number of aromatic nitrogens is 1. The molecule has 1 N–H and O–H groups in total. The average Bonchev–Trinajstić information content (AvgIpc) is 3.09. The summed E-state index contributed by atoms with van der Waals surface area (Å²) in [5.74, 6) is 0.0122. The standard InChI is InChI=1S/C20H20N2O/c1-16-9-5-6-12-18(16)19(22-13-7-8-14-22)15-20(23)21-17-10-3-2-4-11-17/h2-14,19H,15H2,1H3,(H,21,23)/t19-/m0/s1. The van der Waals surface area contributed by atoms with E-state index in [2.05, 4.69) is 28.9 Å². The Kier molecular flexibility index (Phi) is 4.57. The maximum atomic E-state index is 12.5. The van der Waals surface area contributed by atoms with Crippen LogP contribution in [0.1, 0.15) is 23.6 Å². The molecule has 0 aliphatic carbocycles. The highest BCUT2D eigenvalue weighted by Crippen LogP contribution is 2.25. The molecule has 0 aliphatic heterocycles. The number of nitrogens with one attached hydrogen (secondary N) is 1. The molecule has 0 unspecified atom stereocenters. The van der Waals surface area contributed by atoms with Crippen LogP contribution in [0.5, 0.6) is 0 Å². The number of hydrogen-bond acceptors (Lipinski definition) is 1. The highest BCUT2D eigenvalue weighted by molar-refractivity contribution is 5.91. The molecule has 1 amide bonds. The summed E-state index contributed by atoms with van der Waals surface area (Å²) in [5.41, 5.74) is 3.19. The Morgan fingerprint density at radius 3 is 2.30 bits per heavy atom. The maximum absolute atomic E-state index is 12.5. The first-order chi connectivity index (χ1) is 11.2. The van der Waals surface area contributed by atoms with Crippen molar-refractivity contribution in [3.8, 4) is 0 Å². The van der Waals surface area contributed by atoms with Gasteiger partial charge in [-0.2, -0.15) is 0 Å². The summed E-state index contributed by atoms with van der Waals surface area (Å²) in [6.45, 7) is 2.08. The van der Waals surface area contributed by atoms with Crippen LogP contribution in [0.3, 0.4) is 0 Å². The molecule has 0 saturated carbocycles. The largest absolute Gasteiger partial charge is 0.346 e. The molecule has 1 atom stereocenters. The second kappa shape index (κ2) is 6.97. The minimum atomic E-state index is -0.00471. The topological polar surface area (TPSA) is 34.0 Å². The molecule has 0 aliphatic rings. The Morgan fingerprint density at radius 1 is 0.957 bits per heavy atom. The van der Waals surface area contributed by atoms with Crippen LogP contribution in [0, 0.1) is 6.92 Å². The van der Waals surface area contributed by atoms with Crippen LogP contribution in [0.4, 0.5) is 5.69 Å². The number of carbonyl (C=O) groups is 1. The van der Waals surface area contributed by atoms with Crippen LogP contribution in [0.2, 0.25) is 0 Å². The summed E-state index contributed by atoms with van der Waals surface area (Å²) in [5, 5.41) is 2.97. The lowest BCUT2D eigenvalue weighted by Gasteiger charge is -2.21. The van der Waals surface area contributed by atoms with Crippen LogP contribution in [-0.2, 0) is 4.79 Å². The average molecular weight is 304 g/mol. The van der Waals surface area contributed by atoms with Gasteiger partial charge in [-0.1, -0.05) is 42.5 Å². The molecular formula is C20H20N2O. The molecule has 0 saturated heterocycles. The smallest absolute Gasteiger partial charge is 0.226 e. The van der Waals surface area contributed by atoms with E-state index in [0.29, 0.717) is 6.42 Å². The van der Waals surface area contributed by atoms with E-state index in [-0.39, 0.29) is 11.9 Å². The molecule has 0 fully saturated rings. The lowest BCUT2D eigenvalue weighted by molar-refractivity contribution is -0.116. The molecule has 23 heavy (non-hydrogen) atoms. The van der Waals surface area contributed by atoms with Gasteiger partial charge >= 0.3 is 0 Å². The van der Waals surface area contributed by atoms with E-state index in [9.17, 15) is 4.79 Å². The van der Waals surface area contributed by atoms with Crippen LogP contribution in [-0.4, -0.2) is 10.5 Å². The first kappa shape index (κ1) is 15.1. The Balaban J connectivity index is 1.82. The summed E-state index contributed by atoms with van der Waals surface area (Å²) in [4.78, 5) is 12.5. The third kappa shape index (κ3) is 3.69. The molecule has 3 aromatic rings. The number of para-hydroxylation sites is 1. The van der Waals surface area contributed by atoms with Gasteiger partial charge in [-0.25, -0.2) is 0 Å². The van der Waals surface area contributed by atoms with Crippen LogP contribution in [0.25, 0.3) is 0 Å². The number of rotatable bonds is 5. The summed E-state index contributed by atoms with van der Waals surface area (Å²) >= 11 is 0. The molecule has 3 nitrogen and oxygen atoms in total. The minimum absolute atomic E-state index is 0.00471. The molecule has 1 aromatic heterocycles. The minimum Gasteiger partial charge on any atom is -0.346 e. The third-order valence-electron chi connectivity index (χ3n) is 3.97. The SMILES string of the molecule is Cc1ccccc1[C@H](CC(=O)Nc1ccccc1)n1cccc1. The number of benzene rings is 2. The second-order valence-corrected chi connectivity index (χ2v) is 5.62. The molecule has 0 bridgehead atoms. The van der Waals surface area contributed by atoms with Gasteiger partial charge in [0.1, 0.15) is 0 Å². The Labute approximate surface area is 136 Å². The lowest BCUT2D eigenvalue weighted by Crippen LogP contribution is -2.20. The van der Waals surface area contributed by atoms with E-state index in [1.807, 2.05) is 67.0 Å². The molecule has 2 aromatic carbocycles. The van der Waals surface area contributed by atoms with E-state index < -0.39 is 0 Å². The van der Waals surface area contributed by atoms with Crippen molar-refractivity contribution in [2.24, 2.45) is 0 Å².